The predicted octanol–water partition coefficient (Wildman–Crippen LogP) is 25.6. The predicted molar refractivity (Wildman–Crippen MR) is 512 cm³/mol. The SMILES string of the molecule is CCN(CC)CCc1cc(C=O)cc2c1oc1ccccc12.CCN(CC)c1cc2oc3ccccc3c2cc1C=O.COC(=O)c1ccc2oc3ccc(C=O)cc3c2c1.COc1cccc2c1oc1c(OC)cc(C=O)cc12.O=Cc1ccc2oc3ccc(CCO)cc3c2c1.O=Cc1ccc2oc3ccccc3c2c1.O=Cc1ccc2oc3ccccc3c2c1Br. The van der Waals surface area contributed by atoms with Gasteiger partial charge in [0.25, 0.3) is 0 Å². The fraction of sp³-hybridized carbons (Fsp3) is 0.140. The van der Waals surface area contributed by atoms with Crippen molar-refractivity contribution in [1.82, 2.24) is 4.90 Å². The van der Waals surface area contributed by atoms with E-state index in [-0.39, 0.29) is 6.61 Å². The second-order valence-corrected chi connectivity index (χ2v) is 30.8. The van der Waals surface area contributed by atoms with Crippen molar-refractivity contribution in [3.63, 3.8) is 0 Å². The van der Waals surface area contributed by atoms with Gasteiger partial charge in [0.15, 0.2) is 35.2 Å². The summed E-state index contributed by atoms with van der Waals surface area (Å²) in [5, 5.41) is 22.4. The van der Waals surface area contributed by atoms with Crippen molar-refractivity contribution in [1.29, 1.82) is 0 Å². The summed E-state index contributed by atoms with van der Waals surface area (Å²) in [6.07, 6.45) is 7.44. The number of benzene rings is 14. The summed E-state index contributed by atoms with van der Waals surface area (Å²) in [4.78, 5) is 92.9. The number of anilines is 1. The Morgan fingerprint density at radius 1 is 0.341 bits per heavy atom. The van der Waals surface area contributed by atoms with E-state index in [4.69, 9.17) is 50.2 Å². The van der Waals surface area contributed by atoms with E-state index in [0.29, 0.717) is 84.8 Å². The molecular weight excluding hydrogens is 1700 g/mol. The topological polar surface area (TPSA) is 283 Å². The molecule has 0 atom stereocenters. The molecule has 21 nitrogen and oxygen atoms in total. The average Bonchev–Trinajstić information content (AvgIpc) is 1.61. The maximum atomic E-state index is 11.5. The molecule has 7 aromatic heterocycles. The fourth-order valence-corrected chi connectivity index (χ4v) is 16.6. The lowest BCUT2D eigenvalue weighted by molar-refractivity contribution is 0.0600. The molecule has 21 aromatic rings. The number of hydrogen-bond donors (Lipinski definition) is 1. The molecule has 0 spiro atoms. The summed E-state index contributed by atoms with van der Waals surface area (Å²) >= 11 is 3.45. The van der Waals surface area contributed by atoms with Crippen LogP contribution in [0.1, 0.15) is 122 Å². The number of carbonyl (C=O) groups excluding carboxylic acids is 8. The summed E-state index contributed by atoms with van der Waals surface area (Å²) in [5.41, 5.74) is 19.1. The van der Waals surface area contributed by atoms with E-state index in [2.05, 4.69) is 53.4 Å². The Hall–Kier alpha value is -15.4. The van der Waals surface area contributed by atoms with Crippen LogP contribution >= 0.6 is 15.9 Å². The molecule has 0 radical (unpaired) electrons. The van der Waals surface area contributed by atoms with Crippen LogP contribution in [-0.4, -0.2) is 121 Å². The highest BCUT2D eigenvalue weighted by atomic mass is 79.9. The fourth-order valence-electron chi connectivity index (χ4n) is 16.0. The third-order valence-corrected chi connectivity index (χ3v) is 23.4. The second kappa shape index (κ2) is 40.3. The number of halogens is 1. The Bertz CT molecular complexity index is 7780. The molecule has 0 saturated carbocycles. The monoisotopic (exact) mass is 1780 g/mol. The van der Waals surface area contributed by atoms with Crippen molar-refractivity contribution in [3.8, 4) is 11.5 Å². The molecule has 0 bridgehead atoms. The zero-order valence-corrected chi connectivity index (χ0v) is 73.1. The Morgan fingerprint density at radius 3 is 1.29 bits per heavy atom. The number of para-hydroxylation sites is 5. The van der Waals surface area contributed by atoms with Gasteiger partial charge in [-0.1, -0.05) is 105 Å². The first-order valence-corrected chi connectivity index (χ1v) is 42.6. The molecule has 646 valence electrons. The summed E-state index contributed by atoms with van der Waals surface area (Å²) < 4.78 is 56.5. The largest absolute Gasteiger partial charge is 0.493 e. The standard InChI is InChI=1S/C19H21NO2.C17H17NO2.C15H12O4.C15H10O4.C15H12O3.C13H7BrO2.C13H8O2/c1-3-20(4-2)10-9-15-11-14(13-21)12-17-16-7-5-6-8-18(16)22-19(15)17;1-3-18(4-2)15-10-17-14(9-12(15)11-19)13-7-5-6-8-16(13)20-17;1-17-12-5-3-4-10-11-6-9(8-16)7-13(18-2)15(11)19-14(10)12;1-18-15(17)10-3-5-14-12(7-10)11-6-9(8-16)2-4-13(11)19-14;16-6-5-10-1-3-14-12(7-10)13-8-11(9-17)2-4-15(13)18-14;14-13-8(7-15)5-6-11-12(13)9-3-1-2-4-10(9)16-11;14-8-9-5-6-13-11(7-9)10-3-1-2-4-12(10)15-13/h5-8,11-13H,3-4,9-10H2,1-2H3;5-11H,3-4H2,1-2H3;3-8H,1-2H3;2-8H,1H3;1-4,7-9,16H,5-6H2;1-7H;1-8H. The average molecular weight is 1780 g/mol. The van der Waals surface area contributed by atoms with Crippen molar-refractivity contribution in [2.45, 2.75) is 40.5 Å². The maximum Gasteiger partial charge on any atom is 0.337 e. The van der Waals surface area contributed by atoms with Crippen LogP contribution in [0.25, 0.3) is 154 Å². The number of esters is 1. The van der Waals surface area contributed by atoms with Crippen molar-refractivity contribution < 1.29 is 88.6 Å². The number of nitrogens with zero attached hydrogens (tertiary/aromatic N) is 2. The van der Waals surface area contributed by atoms with Gasteiger partial charge in [-0.05, 0) is 225 Å². The van der Waals surface area contributed by atoms with E-state index in [0.717, 1.165) is 236 Å². The molecule has 0 unspecified atom stereocenters. The molecule has 7 heterocycles. The van der Waals surface area contributed by atoms with Crippen LogP contribution in [0.2, 0.25) is 0 Å². The first-order valence-electron chi connectivity index (χ1n) is 41.8. The van der Waals surface area contributed by atoms with Crippen molar-refractivity contribution in [2.75, 3.05) is 65.6 Å². The number of fused-ring (bicyclic) bond motifs is 21. The van der Waals surface area contributed by atoms with Gasteiger partial charge < -0.3 is 60.0 Å². The molecule has 0 aliphatic heterocycles. The highest BCUT2D eigenvalue weighted by Crippen LogP contribution is 2.42. The molecule has 0 amide bonds. The minimum atomic E-state index is -0.400. The number of methoxy groups -OCH3 is 3. The van der Waals surface area contributed by atoms with Gasteiger partial charge in [-0.2, -0.15) is 0 Å². The Labute approximate surface area is 746 Å². The Kier molecular flexibility index (Phi) is 27.6. The molecule has 129 heavy (non-hydrogen) atoms. The molecule has 21 rings (SSSR count). The van der Waals surface area contributed by atoms with Crippen LogP contribution in [-0.2, 0) is 17.6 Å². The minimum absolute atomic E-state index is 0.126. The summed E-state index contributed by atoms with van der Waals surface area (Å²) in [7, 11) is 4.48. The zero-order chi connectivity index (χ0) is 90.4. The van der Waals surface area contributed by atoms with Gasteiger partial charge in [0, 0.05) is 151 Å². The van der Waals surface area contributed by atoms with Crippen LogP contribution in [0.15, 0.2) is 290 Å². The van der Waals surface area contributed by atoms with Crippen LogP contribution < -0.4 is 14.4 Å². The smallest absolute Gasteiger partial charge is 0.337 e. The molecule has 22 heteroatoms. The molecule has 0 aliphatic carbocycles. The molecule has 0 saturated heterocycles. The quantitative estimate of drug-likeness (QED) is 0.0548. The number of rotatable bonds is 20. The van der Waals surface area contributed by atoms with E-state index in [1.54, 1.807) is 80.9 Å². The number of ether oxygens (including phenoxy) is 3. The van der Waals surface area contributed by atoms with E-state index in [1.807, 2.05) is 188 Å². The first-order chi connectivity index (χ1) is 63.0. The third kappa shape index (κ3) is 18.5. The Morgan fingerprint density at radius 2 is 0.767 bits per heavy atom. The molecular formula is C107H87BrN2O19. The minimum Gasteiger partial charge on any atom is -0.493 e. The number of likely N-dealkylation sites (N-methyl/N-ethyl adjacent to an activating group) is 1. The number of carbonyl (C=O) groups is 8. The highest BCUT2D eigenvalue weighted by Gasteiger charge is 2.21. The maximum absolute atomic E-state index is 11.5. The van der Waals surface area contributed by atoms with Gasteiger partial charge in [0.05, 0.1) is 32.6 Å². The molecule has 0 fully saturated rings. The zero-order valence-electron chi connectivity index (χ0n) is 71.5. The number of furan rings is 7. The van der Waals surface area contributed by atoms with Gasteiger partial charge in [-0.25, -0.2) is 4.79 Å². The number of aliphatic hydroxyl groups excluding tert-OH is 1. The number of hydrogen-bond acceptors (Lipinski definition) is 21. The van der Waals surface area contributed by atoms with Gasteiger partial charge in [-0.3, -0.25) is 33.6 Å². The Balaban J connectivity index is 0.000000116. The van der Waals surface area contributed by atoms with E-state index < -0.39 is 5.97 Å². The van der Waals surface area contributed by atoms with E-state index in [9.17, 15) is 38.4 Å². The van der Waals surface area contributed by atoms with Crippen molar-refractivity contribution in [2.24, 2.45) is 0 Å². The van der Waals surface area contributed by atoms with Crippen LogP contribution in [0, 0.1) is 0 Å². The van der Waals surface area contributed by atoms with Crippen molar-refractivity contribution >= 4 is 225 Å². The van der Waals surface area contributed by atoms with E-state index in [1.165, 1.54) is 7.11 Å². The third-order valence-electron chi connectivity index (χ3n) is 22.5. The van der Waals surface area contributed by atoms with Crippen LogP contribution in [0.3, 0.4) is 0 Å². The molecule has 14 aromatic carbocycles. The van der Waals surface area contributed by atoms with Gasteiger partial charge >= 0.3 is 5.97 Å². The molecule has 0 aliphatic rings. The van der Waals surface area contributed by atoms with E-state index >= 15 is 0 Å². The first kappa shape index (κ1) is 88.5. The normalized spacial score (nSPS) is 11.1. The van der Waals surface area contributed by atoms with Gasteiger partial charge in [-0.15, -0.1) is 0 Å². The lowest BCUT2D eigenvalue weighted by Gasteiger charge is -2.22. The van der Waals surface area contributed by atoms with Crippen molar-refractivity contribution in [3.05, 3.63) is 315 Å². The number of aliphatic hydroxyl groups is 1. The molecule has 1 N–H and O–H groups in total. The summed E-state index contributed by atoms with van der Waals surface area (Å²) in [6.45, 7) is 13.4. The van der Waals surface area contributed by atoms with Crippen LogP contribution in [0.5, 0.6) is 11.5 Å². The second-order valence-electron chi connectivity index (χ2n) is 30.0. The van der Waals surface area contributed by atoms with Gasteiger partial charge in [0.1, 0.15) is 98.4 Å². The van der Waals surface area contributed by atoms with Gasteiger partial charge in [0.2, 0.25) is 0 Å². The summed E-state index contributed by atoms with van der Waals surface area (Å²) in [6, 6.07) is 78.9. The van der Waals surface area contributed by atoms with Crippen LogP contribution in [0.4, 0.5) is 5.69 Å². The number of aldehydes is 7. The highest BCUT2D eigenvalue weighted by molar-refractivity contribution is 9.10. The lowest BCUT2D eigenvalue weighted by Crippen LogP contribution is -2.25. The summed E-state index contributed by atoms with van der Waals surface area (Å²) in [5.74, 6) is 0.795. The lowest BCUT2D eigenvalue weighted by atomic mass is 10.0.